The Bertz CT molecular complexity index is 958. The second kappa shape index (κ2) is 9.15. The first-order chi connectivity index (χ1) is 13.6. The molecule has 3 rings (SSSR count). The molecule has 6 heteroatoms. The van der Waals surface area contributed by atoms with Crippen LogP contribution >= 0.6 is 11.6 Å². The zero-order valence-electron chi connectivity index (χ0n) is 15.7. The molecule has 5 nitrogen and oxygen atoms in total. The summed E-state index contributed by atoms with van der Waals surface area (Å²) in [6, 6.07) is 20.2. The Morgan fingerprint density at radius 1 is 0.893 bits per heavy atom. The Hall–Kier alpha value is -3.18. The van der Waals surface area contributed by atoms with Crippen LogP contribution in [0.1, 0.15) is 15.9 Å². The lowest BCUT2D eigenvalue weighted by atomic mass is 10.1. The Morgan fingerprint density at radius 3 is 2.25 bits per heavy atom. The molecule has 0 heterocycles. The Kier molecular flexibility index (Phi) is 6.40. The highest BCUT2D eigenvalue weighted by Gasteiger charge is 2.11. The number of carbonyl (C=O) groups excluding carboxylic acids is 1. The molecule has 1 amide bonds. The summed E-state index contributed by atoms with van der Waals surface area (Å²) in [7, 11) is 3.09. The molecule has 28 heavy (non-hydrogen) atoms. The highest BCUT2D eigenvalue weighted by molar-refractivity contribution is 6.31. The molecule has 3 aromatic rings. The number of hydrogen-bond donors (Lipinski definition) is 2. The van der Waals surface area contributed by atoms with Crippen LogP contribution in [0.5, 0.6) is 11.5 Å². The smallest absolute Gasteiger partial charge is 0.255 e. The van der Waals surface area contributed by atoms with Crippen LogP contribution in [-0.2, 0) is 6.54 Å². The van der Waals surface area contributed by atoms with Gasteiger partial charge in [0.05, 0.1) is 14.2 Å². The highest BCUT2D eigenvalue weighted by atomic mass is 35.5. The summed E-state index contributed by atoms with van der Waals surface area (Å²) >= 11 is 6.17. The third-order valence-electron chi connectivity index (χ3n) is 4.23. The minimum Gasteiger partial charge on any atom is -0.493 e. The molecule has 2 N–H and O–H groups in total. The summed E-state index contributed by atoms with van der Waals surface area (Å²) in [6.45, 7) is 0.622. The molecule has 0 radical (unpaired) electrons. The largest absolute Gasteiger partial charge is 0.493 e. The normalized spacial score (nSPS) is 10.2. The van der Waals surface area contributed by atoms with Gasteiger partial charge in [-0.05, 0) is 54.1 Å². The van der Waals surface area contributed by atoms with Crippen molar-refractivity contribution >= 4 is 28.9 Å². The second-order valence-corrected chi connectivity index (χ2v) is 6.45. The fourth-order valence-electron chi connectivity index (χ4n) is 2.69. The zero-order valence-corrected chi connectivity index (χ0v) is 16.4. The van der Waals surface area contributed by atoms with Gasteiger partial charge in [-0.3, -0.25) is 4.79 Å². The predicted molar refractivity (Wildman–Crippen MR) is 113 cm³/mol. The van der Waals surface area contributed by atoms with E-state index in [-0.39, 0.29) is 5.91 Å². The van der Waals surface area contributed by atoms with Gasteiger partial charge in [-0.1, -0.05) is 29.8 Å². The van der Waals surface area contributed by atoms with Gasteiger partial charge < -0.3 is 20.1 Å². The van der Waals surface area contributed by atoms with Crippen LogP contribution in [0.2, 0.25) is 5.02 Å². The van der Waals surface area contributed by atoms with Gasteiger partial charge in [-0.15, -0.1) is 0 Å². The standard InChI is InChI=1S/C22H21ClN2O3/c1-27-20-12-7-15(13-21(20)28-2)22(26)25-18-10-8-17(9-11-18)24-14-16-5-3-4-6-19(16)23/h3-13,24H,14H2,1-2H3,(H,25,26). The lowest BCUT2D eigenvalue weighted by Gasteiger charge is -2.11. The number of amides is 1. The Balaban J connectivity index is 1.62. The van der Waals surface area contributed by atoms with Crippen LogP contribution in [0.25, 0.3) is 0 Å². The first-order valence-corrected chi connectivity index (χ1v) is 9.09. The van der Waals surface area contributed by atoms with Gasteiger partial charge in [-0.2, -0.15) is 0 Å². The number of halogens is 1. The van der Waals surface area contributed by atoms with Crippen molar-refractivity contribution in [3.8, 4) is 11.5 Å². The molecular weight excluding hydrogens is 376 g/mol. The summed E-state index contributed by atoms with van der Waals surface area (Å²) in [4.78, 5) is 12.5. The van der Waals surface area contributed by atoms with Crippen molar-refractivity contribution in [2.75, 3.05) is 24.9 Å². The molecule has 144 valence electrons. The van der Waals surface area contributed by atoms with Gasteiger partial charge in [0.15, 0.2) is 11.5 Å². The van der Waals surface area contributed by atoms with Gasteiger partial charge >= 0.3 is 0 Å². The number of ether oxygens (including phenoxy) is 2. The van der Waals surface area contributed by atoms with Crippen molar-refractivity contribution in [3.05, 3.63) is 82.9 Å². The summed E-state index contributed by atoms with van der Waals surface area (Å²) in [5.74, 6) is 0.861. The topological polar surface area (TPSA) is 59.6 Å². The monoisotopic (exact) mass is 396 g/mol. The Morgan fingerprint density at radius 2 is 1.57 bits per heavy atom. The molecule has 0 saturated heterocycles. The summed E-state index contributed by atoms with van der Waals surface area (Å²) < 4.78 is 10.4. The van der Waals surface area contributed by atoms with E-state index in [0.717, 1.165) is 16.3 Å². The molecule has 0 aliphatic heterocycles. The van der Waals surface area contributed by atoms with Gasteiger partial charge in [0.1, 0.15) is 0 Å². The van der Waals surface area contributed by atoms with Gasteiger partial charge in [0.25, 0.3) is 5.91 Å². The number of hydrogen-bond acceptors (Lipinski definition) is 4. The van der Waals surface area contributed by atoms with E-state index in [9.17, 15) is 4.79 Å². The number of methoxy groups -OCH3 is 2. The number of anilines is 2. The molecule has 0 aliphatic rings. The minimum atomic E-state index is -0.224. The van der Waals surface area contributed by atoms with E-state index in [4.69, 9.17) is 21.1 Å². The third-order valence-corrected chi connectivity index (χ3v) is 4.60. The van der Waals surface area contributed by atoms with Crippen molar-refractivity contribution in [2.45, 2.75) is 6.54 Å². The predicted octanol–water partition coefficient (Wildman–Crippen LogP) is 5.22. The van der Waals surface area contributed by atoms with E-state index in [1.807, 2.05) is 48.5 Å². The molecular formula is C22H21ClN2O3. The van der Waals surface area contributed by atoms with Crippen LogP contribution in [0.4, 0.5) is 11.4 Å². The summed E-state index contributed by atoms with van der Waals surface area (Å²) in [5, 5.41) is 6.92. The van der Waals surface area contributed by atoms with Gasteiger partial charge in [0, 0.05) is 28.5 Å². The first kappa shape index (κ1) is 19.6. The second-order valence-electron chi connectivity index (χ2n) is 6.05. The number of nitrogens with one attached hydrogen (secondary N) is 2. The van der Waals surface area contributed by atoms with Gasteiger partial charge in [0.2, 0.25) is 0 Å². The number of rotatable bonds is 7. The number of benzene rings is 3. The van der Waals surface area contributed by atoms with Crippen LogP contribution < -0.4 is 20.1 Å². The zero-order chi connectivity index (χ0) is 19.9. The molecule has 0 bridgehead atoms. The van der Waals surface area contributed by atoms with Crippen molar-refractivity contribution in [1.29, 1.82) is 0 Å². The quantitative estimate of drug-likeness (QED) is 0.574. The lowest BCUT2D eigenvalue weighted by molar-refractivity contribution is 0.102. The average molecular weight is 397 g/mol. The van der Waals surface area contributed by atoms with Gasteiger partial charge in [-0.25, -0.2) is 0 Å². The summed E-state index contributed by atoms with van der Waals surface area (Å²) in [6.07, 6.45) is 0. The minimum absolute atomic E-state index is 0.224. The number of carbonyl (C=O) groups is 1. The van der Waals surface area contributed by atoms with Crippen LogP contribution in [-0.4, -0.2) is 20.1 Å². The molecule has 0 atom stereocenters. The Labute approximate surface area is 169 Å². The van der Waals surface area contributed by atoms with E-state index in [2.05, 4.69) is 10.6 Å². The van der Waals surface area contributed by atoms with E-state index in [1.54, 1.807) is 25.3 Å². The highest BCUT2D eigenvalue weighted by Crippen LogP contribution is 2.28. The van der Waals surface area contributed by atoms with Crippen LogP contribution in [0.15, 0.2) is 66.7 Å². The maximum absolute atomic E-state index is 12.5. The maximum atomic E-state index is 12.5. The average Bonchev–Trinajstić information content (AvgIpc) is 2.73. The van der Waals surface area contributed by atoms with Crippen molar-refractivity contribution in [3.63, 3.8) is 0 Å². The summed E-state index contributed by atoms with van der Waals surface area (Å²) in [5.41, 5.74) is 3.14. The fraction of sp³-hybridized carbons (Fsp3) is 0.136. The third kappa shape index (κ3) is 4.75. The van der Waals surface area contributed by atoms with Crippen molar-refractivity contribution in [1.82, 2.24) is 0 Å². The van der Waals surface area contributed by atoms with Crippen LogP contribution in [0, 0.1) is 0 Å². The molecule has 3 aromatic carbocycles. The fourth-order valence-corrected chi connectivity index (χ4v) is 2.89. The van der Waals surface area contributed by atoms with Crippen LogP contribution in [0.3, 0.4) is 0 Å². The molecule has 0 aliphatic carbocycles. The van der Waals surface area contributed by atoms with E-state index in [1.165, 1.54) is 7.11 Å². The molecule has 0 fully saturated rings. The molecule has 0 unspecified atom stereocenters. The van der Waals surface area contributed by atoms with E-state index in [0.29, 0.717) is 29.3 Å². The molecule has 0 saturated carbocycles. The first-order valence-electron chi connectivity index (χ1n) is 8.71. The molecule has 0 aromatic heterocycles. The van der Waals surface area contributed by atoms with E-state index < -0.39 is 0 Å². The molecule has 0 spiro atoms. The SMILES string of the molecule is COc1ccc(C(=O)Nc2ccc(NCc3ccccc3Cl)cc2)cc1OC. The maximum Gasteiger partial charge on any atom is 0.255 e. The van der Waals surface area contributed by atoms with Crippen molar-refractivity contribution in [2.24, 2.45) is 0 Å². The lowest BCUT2D eigenvalue weighted by Crippen LogP contribution is -2.12. The van der Waals surface area contributed by atoms with Crippen molar-refractivity contribution < 1.29 is 14.3 Å². The van der Waals surface area contributed by atoms with E-state index >= 15 is 0 Å².